The molecule has 0 aliphatic carbocycles. The van der Waals surface area contributed by atoms with Gasteiger partial charge in [-0.1, -0.05) is 31.7 Å². The van der Waals surface area contributed by atoms with Crippen LogP contribution in [0.15, 0.2) is 105 Å². The predicted molar refractivity (Wildman–Crippen MR) is 246 cm³/mol. The van der Waals surface area contributed by atoms with Crippen LogP contribution in [-0.4, -0.2) is 122 Å². The van der Waals surface area contributed by atoms with Gasteiger partial charge >= 0.3 is 7.05 Å². The van der Waals surface area contributed by atoms with Crippen LogP contribution in [0.1, 0.15) is 68.9 Å². The van der Waals surface area contributed by atoms with Crippen LogP contribution in [-0.2, 0) is 19.7 Å². The lowest BCUT2D eigenvalue weighted by Crippen LogP contribution is -2.43. The first-order valence-electron chi connectivity index (χ1n) is 21.3. The number of fused-ring (bicyclic) bond motifs is 2. The van der Waals surface area contributed by atoms with Gasteiger partial charge in [0, 0.05) is 25.2 Å². The van der Waals surface area contributed by atoms with E-state index in [2.05, 4.69) is 15.1 Å². The van der Waals surface area contributed by atoms with Gasteiger partial charge < -0.3 is 34.4 Å². The number of hydrogen-bond donors (Lipinski definition) is 2. The minimum Gasteiger partial charge on any atom is -0.493 e. The van der Waals surface area contributed by atoms with Crippen LogP contribution in [0.3, 0.4) is 0 Å². The fraction of sp³-hybridized carbons (Fsp3) is 0.478. The van der Waals surface area contributed by atoms with E-state index in [1.807, 2.05) is 31.0 Å². The van der Waals surface area contributed by atoms with E-state index in [4.69, 9.17) is 9.47 Å². The molecule has 4 heterocycles. The molecule has 0 spiro atoms. The molecule has 63 heavy (non-hydrogen) atoms. The smallest absolute Gasteiger partial charge is 0.376 e. The Hall–Kier alpha value is -3.61. The van der Waals surface area contributed by atoms with Crippen LogP contribution in [0.5, 0.6) is 11.5 Å². The molecule has 4 aliphatic heterocycles. The van der Waals surface area contributed by atoms with Gasteiger partial charge in [0.05, 0.1) is 32.8 Å². The van der Waals surface area contributed by atoms with Gasteiger partial charge in [0.25, 0.3) is 0 Å². The highest BCUT2D eigenvalue weighted by Crippen LogP contribution is 2.40. The normalized spacial score (nSPS) is 21.1. The van der Waals surface area contributed by atoms with Crippen LogP contribution in [0.2, 0.25) is 6.82 Å². The molecule has 0 amide bonds. The van der Waals surface area contributed by atoms with Gasteiger partial charge in [-0.3, -0.25) is 0 Å². The average molecular weight is 931 g/mol. The zero-order valence-corrected chi connectivity index (χ0v) is 38.0. The zero-order valence-electron chi connectivity index (χ0n) is 35.6. The molecule has 344 valence electrons. The molecule has 17 heteroatoms. The van der Waals surface area contributed by atoms with Crippen molar-refractivity contribution in [3.8, 4) is 11.5 Å². The van der Waals surface area contributed by atoms with Gasteiger partial charge in [0.2, 0.25) is 19.7 Å². The van der Waals surface area contributed by atoms with E-state index < -0.39 is 38.4 Å². The molecule has 0 saturated carbocycles. The lowest BCUT2D eigenvalue weighted by Gasteiger charge is -2.29. The number of nitrogens with one attached hydrogen (secondary N) is 1. The third kappa shape index (κ3) is 12.0. The molecule has 4 aromatic rings. The van der Waals surface area contributed by atoms with Crippen molar-refractivity contribution in [3.05, 3.63) is 108 Å². The summed E-state index contributed by atoms with van der Waals surface area (Å²) in [6.45, 7) is 9.08. The van der Waals surface area contributed by atoms with Crippen molar-refractivity contribution >= 4 is 39.1 Å². The van der Waals surface area contributed by atoms with E-state index in [0.29, 0.717) is 48.6 Å². The zero-order chi connectivity index (χ0) is 43.3. The predicted octanol–water partition coefficient (Wildman–Crippen LogP) is 7.30. The highest BCUT2D eigenvalue weighted by atomic mass is 35.5. The summed E-state index contributed by atoms with van der Waals surface area (Å²) in [6.07, 6.45) is 6.07. The fourth-order valence-electron chi connectivity index (χ4n) is 8.96. The van der Waals surface area contributed by atoms with Crippen LogP contribution >= 0.6 is 12.4 Å². The van der Waals surface area contributed by atoms with Crippen LogP contribution < -0.4 is 14.8 Å². The Morgan fingerprint density at radius 2 is 1.17 bits per heavy atom. The van der Waals surface area contributed by atoms with Gasteiger partial charge in [-0.25, -0.2) is 25.6 Å². The van der Waals surface area contributed by atoms with Crippen molar-refractivity contribution < 1.29 is 40.1 Å². The first-order chi connectivity index (χ1) is 29.2. The molecule has 8 rings (SSSR count). The van der Waals surface area contributed by atoms with E-state index in [1.54, 1.807) is 31.1 Å². The van der Waals surface area contributed by atoms with E-state index in [1.165, 1.54) is 42.8 Å². The second-order valence-corrected chi connectivity index (χ2v) is 20.6. The molecule has 4 atom stereocenters. The summed E-state index contributed by atoms with van der Waals surface area (Å²) in [5, 5.41) is 13.2. The molecule has 0 radical (unpaired) electrons. The van der Waals surface area contributed by atoms with Gasteiger partial charge in [-0.15, -0.1) is 12.4 Å². The maximum atomic E-state index is 13.6. The first kappa shape index (κ1) is 50.4. The molecule has 2 N–H and O–H groups in total. The highest BCUT2D eigenvalue weighted by molar-refractivity contribution is 7.91. The number of likely N-dealkylation sites (tertiary alicyclic amines) is 2. The van der Waals surface area contributed by atoms with Crippen molar-refractivity contribution in [1.29, 1.82) is 0 Å². The monoisotopic (exact) mass is 930 g/mol. The summed E-state index contributed by atoms with van der Waals surface area (Å²) in [5.74, 6) is 0.753. The average Bonchev–Trinajstić information content (AvgIpc) is 3.94. The van der Waals surface area contributed by atoms with Gasteiger partial charge in [-0.2, -0.15) is 0 Å². The Labute approximate surface area is 379 Å². The highest BCUT2D eigenvalue weighted by Gasteiger charge is 2.32. The first-order valence-corrected chi connectivity index (χ1v) is 24.3. The minimum absolute atomic E-state index is 0. The largest absolute Gasteiger partial charge is 0.493 e. The van der Waals surface area contributed by atoms with E-state index in [9.17, 15) is 30.6 Å². The summed E-state index contributed by atoms with van der Waals surface area (Å²) in [4.78, 5) is 7.09. The molecule has 0 bridgehead atoms. The molecular weight excluding hydrogens is 869 g/mol. The number of nitrogens with zero attached hydrogens (tertiary/aromatic N) is 3. The maximum absolute atomic E-state index is 13.6. The Morgan fingerprint density at radius 3 is 1.62 bits per heavy atom. The maximum Gasteiger partial charge on any atom is 0.376 e. The number of ether oxygens (including phenoxy) is 2. The lowest BCUT2D eigenvalue weighted by atomic mass is 9.84. The quantitative estimate of drug-likeness (QED) is 0.131. The van der Waals surface area contributed by atoms with Gasteiger partial charge in [0.15, 0.2) is 0 Å². The molecule has 4 aromatic carbocycles. The lowest BCUT2D eigenvalue weighted by molar-refractivity contribution is 0.241. The van der Waals surface area contributed by atoms with Crippen LogP contribution in [0.4, 0.5) is 8.78 Å². The van der Waals surface area contributed by atoms with Crippen molar-refractivity contribution in [2.75, 3.05) is 66.6 Å². The number of sulfone groups is 2. The van der Waals surface area contributed by atoms with Gasteiger partial charge in [-0.05, 0) is 169 Å². The van der Waals surface area contributed by atoms with Crippen molar-refractivity contribution in [2.45, 2.75) is 96.3 Å². The van der Waals surface area contributed by atoms with Gasteiger partial charge in [0.1, 0.15) is 23.1 Å². The van der Waals surface area contributed by atoms with E-state index in [-0.39, 0.29) is 39.4 Å². The Balaban J connectivity index is 0.000000231. The molecular formula is C46H62BClF2N4O7S2. The summed E-state index contributed by atoms with van der Waals surface area (Å²) in [5.41, 5.74) is 2.10. The molecule has 4 aliphatic rings. The Kier molecular flexibility index (Phi) is 17.6. The summed E-state index contributed by atoms with van der Waals surface area (Å²) in [6, 6.07) is 21.2. The van der Waals surface area contributed by atoms with E-state index >= 15 is 0 Å². The second-order valence-electron chi connectivity index (χ2n) is 16.7. The molecule has 0 aromatic heterocycles. The third-order valence-electron chi connectivity index (χ3n) is 12.8. The minimum atomic E-state index is -3.81. The topological polar surface area (TPSA) is 129 Å². The van der Waals surface area contributed by atoms with Crippen LogP contribution in [0, 0.1) is 11.6 Å². The van der Waals surface area contributed by atoms with Crippen LogP contribution in [0.25, 0.3) is 0 Å². The Morgan fingerprint density at radius 1 is 0.714 bits per heavy atom. The summed E-state index contributed by atoms with van der Waals surface area (Å²) < 4.78 is 90.3. The van der Waals surface area contributed by atoms with Crippen molar-refractivity contribution in [3.63, 3.8) is 0 Å². The molecule has 4 unspecified atom stereocenters. The number of hydrogen-bond acceptors (Lipinski definition) is 11. The van der Waals surface area contributed by atoms with E-state index in [0.717, 1.165) is 94.6 Å². The number of rotatable bonds is 13. The third-order valence-corrected chi connectivity index (χ3v) is 16.3. The molecule has 2 saturated heterocycles. The summed E-state index contributed by atoms with van der Waals surface area (Å²) >= 11 is 0. The van der Waals surface area contributed by atoms with Crippen molar-refractivity contribution in [2.24, 2.45) is 0 Å². The Bertz CT molecular complexity index is 2380. The molecule has 2 fully saturated rings. The molecule has 11 nitrogen and oxygen atoms in total. The number of halogens is 3. The van der Waals surface area contributed by atoms with Crippen molar-refractivity contribution in [1.82, 2.24) is 19.9 Å². The standard InChI is InChI=1S/C23H30BFN2O4S.C22H27FN2O3S.CH4.ClH/c1-24(28)26(2)19-9-12-27(16-19)11-8-17-10-13-31-23-15-21(6-7-22(17)23)32(29,30)20-5-3-4-18(25)14-20;1-24-18-8-11-25(15-18)10-7-16-9-12-28-22-14-20(5-6-21(16)22)29(26,27)19-4-2-3-17(23)13-19;;/h3-7,14-15,17,19,28H,8-13,16H2,1-2H3;2-6,13-14,16,18,24H,7-12,15H2,1H3;1H4;1H. The number of benzene rings is 4. The fourth-order valence-corrected chi connectivity index (χ4v) is 11.6. The SMILES string of the molecule is C.CB(O)N(C)C1CCN(CCC2CCOc3cc(S(=O)(=O)c4cccc(F)c4)ccc32)C1.CNC1CCN(CCC2CCOc3cc(S(=O)(=O)c4cccc(F)c4)ccc32)C1.Cl. The summed E-state index contributed by atoms with van der Waals surface area (Å²) in [7, 11) is -4.07. The second kappa shape index (κ2) is 22.1. The number of likely N-dealkylation sites (N-methyl/N-ethyl adjacent to an activating group) is 2.